The summed E-state index contributed by atoms with van der Waals surface area (Å²) < 4.78 is 0. The minimum Gasteiger partial charge on any atom is -0.375 e. The molecule has 1 aliphatic heterocycles. The lowest BCUT2D eigenvalue weighted by Crippen LogP contribution is -2.47. The number of Topliss-reactive ketones (excluding diaryl/α,β-unsaturated/α-hetero) is 1. The summed E-state index contributed by atoms with van der Waals surface area (Å²) in [5.74, 6) is -1.44. The Hall–Kier alpha value is -2.46. The fourth-order valence-corrected chi connectivity index (χ4v) is 3.53. The second-order valence-corrected chi connectivity index (χ2v) is 6.22. The Bertz CT molecular complexity index is 771. The van der Waals surface area contributed by atoms with Gasteiger partial charge in [-0.25, -0.2) is 0 Å². The van der Waals surface area contributed by atoms with E-state index in [9.17, 15) is 14.7 Å². The van der Waals surface area contributed by atoms with Gasteiger partial charge in [0.15, 0.2) is 11.4 Å². The van der Waals surface area contributed by atoms with Gasteiger partial charge >= 0.3 is 0 Å². The quantitative estimate of drug-likeness (QED) is 0.860. The van der Waals surface area contributed by atoms with Crippen LogP contribution in [0.3, 0.4) is 0 Å². The molecule has 1 N–H and O–H groups in total. The van der Waals surface area contributed by atoms with E-state index < -0.39 is 17.4 Å². The maximum atomic E-state index is 13.1. The van der Waals surface area contributed by atoms with Gasteiger partial charge in [0, 0.05) is 18.2 Å². The normalized spacial score (nSPS) is 20.8. The molecule has 0 bridgehead atoms. The van der Waals surface area contributed by atoms with Crippen molar-refractivity contribution >= 4 is 17.4 Å². The Morgan fingerprint density at radius 3 is 2.42 bits per heavy atom. The van der Waals surface area contributed by atoms with E-state index >= 15 is 0 Å². The number of nitrogens with zero attached hydrogens (tertiary/aromatic N) is 1. The average molecular weight is 323 g/mol. The number of carbonyl (C=O) groups excluding carboxylic acids is 2. The number of ketones is 1. The molecule has 0 radical (unpaired) electrons. The monoisotopic (exact) mass is 323 g/mol. The molecule has 2 aromatic rings. The zero-order chi connectivity index (χ0) is 17.3. The van der Waals surface area contributed by atoms with Crippen molar-refractivity contribution in [3.8, 4) is 0 Å². The van der Waals surface area contributed by atoms with Crippen LogP contribution in [-0.4, -0.2) is 23.8 Å². The van der Waals surface area contributed by atoms with E-state index in [1.54, 1.807) is 49.5 Å². The summed E-state index contributed by atoms with van der Waals surface area (Å²) in [5.41, 5.74) is -0.120. The standard InChI is InChI=1S/C20H21NO3/c1-3-9-16(18(22)14-10-5-4-6-11-14)20(24)15-12-7-8-13-17(15)21(2)19(20)23/h4-8,10-13,16,24H,3,9H2,1-2H3/t16-,20-/m0/s1. The van der Waals surface area contributed by atoms with Crippen LogP contribution >= 0.6 is 0 Å². The maximum absolute atomic E-state index is 13.1. The molecule has 0 fully saturated rings. The summed E-state index contributed by atoms with van der Waals surface area (Å²) in [6.07, 6.45) is 1.14. The minimum atomic E-state index is -1.81. The van der Waals surface area contributed by atoms with Crippen LogP contribution in [0.1, 0.15) is 35.7 Å². The number of anilines is 1. The first-order valence-corrected chi connectivity index (χ1v) is 8.21. The molecular weight excluding hydrogens is 302 g/mol. The zero-order valence-corrected chi connectivity index (χ0v) is 13.9. The van der Waals surface area contributed by atoms with E-state index in [-0.39, 0.29) is 5.78 Å². The molecule has 1 heterocycles. The minimum absolute atomic E-state index is 0.196. The van der Waals surface area contributed by atoms with E-state index in [4.69, 9.17) is 0 Å². The van der Waals surface area contributed by atoms with E-state index in [1.165, 1.54) is 4.90 Å². The van der Waals surface area contributed by atoms with Crippen LogP contribution in [0.2, 0.25) is 0 Å². The molecule has 124 valence electrons. The highest BCUT2D eigenvalue weighted by molar-refractivity contribution is 6.11. The van der Waals surface area contributed by atoms with Crippen LogP contribution in [0.25, 0.3) is 0 Å². The lowest BCUT2D eigenvalue weighted by Gasteiger charge is -2.30. The number of aliphatic hydroxyl groups is 1. The van der Waals surface area contributed by atoms with Crippen LogP contribution in [0.15, 0.2) is 54.6 Å². The van der Waals surface area contributed by atoms with Crippen molar-refractivity contribution in [2.75, 3.05) is 11.9 Å². The summed E-state index contributed by atoms with van der Waals surface area (Å²) in [5, 5.41) is 11.4. The molecule has 2 atom stereocenters. The van der Waals surface area contributed by atoms with Gasteiger partial charge in [-0.2, -0.15) is 0 Å². The molecule has 0 unspecified atom stereocenters. The predicted octanol–water partition coefficient (Wildman–Crippen LogP) is 3.15. The third-order valence-corrected chi connectivity index (χ3v) is 4.76. The Labute approximate surface area is 141 Å². The van der Waals surface area contributed by atoms with Crippen molar-refractivity contribution in [1.29, 1.82) is 0 Å². The second kappa shape index (κ2) is 6.21. The molecule has 0 saturated heterocycles. The molecule has 2 aromatic carbocycles. The fraction of sp³-hybridized carbons (Fsp3) is 0.300. The van der Waals surface area contributed by atoms with Gasteiger partial charge in [0.05, 0.1) is 11.6 Å². The van der Waals surface area contributed by atoms with Crippen LogP contribution in [0, 0.1) is 5.92 Å². The van der Waals surface area contributed by atoms with E-state index in [0.717, 1.165) is 0 Å². The number of amides is 1. The van der Waals surface area contributed by atoms with E-state index in [0.29, 0.717) is 29.7 Å². The third kappa shape index (κ3) is 2.34. The van der Waals surface area contributed by atoms with Crippen LogP contribution < -0.4 is 4.90 Å². The number of carbonyl (C=O) groups is 2. The lowest BCUT2D eigenvalue weighted by atomic mass is 9.75. The highest BCUT2D eigenvalue weighted by Crippen LogP contribution is 2.46. The summed E-state index contributed by atoms with van der Waals surface area (Å²) in [7, 11) is 1.63. The number of para-hydroxylation sites is 1. The first-order valence-electron chi connectivity index (χ1n) is 8.21. The molecule has 0 aromatic heterocycles. The SMILES string of the molecule is CCC[C@@H](C(=O)c1ccccc1)[C@]1(O)C(=O)N(C)c2ccccc21. The van der Waals surface area contributed by atoms with Gasteiger partial charge in [0.1, 0.15) is 0 Å². The molecule has 0 aliphatic carbocycles. The Kier molecular flexibility index (Phi) is 4.24. The largest absolute Gasteiger partial charge is 0.375 e. The fourth-order valence-electron chi connectivity index (χ4n) is 3.53. The van der Waals surface area contributed by atoms with Crippen LogP contribution in [0.4, 0.5) is 5.69 Å². The van der Waals surface area contributed by atoms with Crippen molar-refractivity contribution in [3.05, 3.63) is 65.7 Å². The topological polar surface area (TPSA) is 57.6 Å². The molecule has 4 nitrogen and oxygen atoms in total. The smallest absolute Gasteiger partial charge is 0.264 e. The van der Waals surface area contributed by atoms with Crippen molar-refractivity contribution in [1.82, 2.24) is 0 Å². The molecule has 4 heteroatoms. The van der Waals surface area contributed by atoms with Gasteiger partial charge in [-0.05, 0) is 12.5 Å². The van der Waals surface area contributed by atoms with Crippen molar-refractivity contribution in [2.45, 2.75) is 25.4 Å². The molecule has 0 saturated carbocycles. The number of hydrogen-bond acceptors (Lipinski definition) is 3. The molecule has 1 aliphatic rings. The Morgan fingerprint density at radius 2 is 1.75 bits per heavy atom. The number of hydrogen-bond donors (Lipinski definition) is 1. The molecule has 24 heavy (non-hydrogen) atoms. The van der Waals surface area contributed by atoms with Gasteiger partial charge in [-0.15, -0.1) is 0 Å². The van der Waals surface area contributed by atoms with Gasteiger partial charge in [-0.1, -0.05) is 61.9 Å². The van der Waals surface area contributed by atoms with Crippen molar-refractivity contribution in [2.24, 2.45) is 5.92 Å². The van der Waals surface area contributed by atoms with Gasteiger partial charge in [-0.3, -0.25) is 9.59 Å². The van der Waals surface area contributed by atoms with Gasteiger partial charge in [0.25, 0.3) is 5.91 Å². The lowest BCUT2D eigenvalue weighted by molar-refractivity contribution is -0.140. The second-order valence-electron chi connectivity index (χ2n) is 6.22. The number of likely N-dealkylation sites (N-methyl/N-ethyl adjacent to an activating group) is 1. The molecule has 0 spiro atoms. The van der Waals surface area contributed by atoms with Crippen LogP contribution in [0.5, 0.6) is 0 Å². The summed E-state index contributed by atoms with van der Waals surface area (Å²) >= 11 is 0. The first kappa shape index (κ1) is 16.4. The average Bonchev–Trinajstić information content (AvgIpc) is 2.82. The zero-order valence-electron chi connectivity index (χ0n) is 13.9. The van der Waals surface area contributed by atoms with E-state index in [2.05, 4.69) is 0 Å². The first-order chi connectivity index (χ1) is 11.5. The highest BCUT2D eigenvalue weighted by atomic mass is 16.3. The van der Waals surface area contributed by atoms with Gasteiger partial charge in [0.2, 0.25) is 0 Å². The highest BCUT2D eigenvalue weighted by Gasteiger charge is 2.55. The summed E-state index contributed by atoms with van der Waals surface area (Å²) in [6, 6.07) is 16.0. The number of rotatable bonds is 5. The Morgan fingerprint density at radius 1 is 1.12 bits per heavy atom. The van der Waals surface area contributed by atoms with E-state index in [1.807, 2.05) is 19.1 Å². The third-order valence-electron chi connectivity index (χ3n) is 4.76. The van der Waals surface area contributed by atoms with Crippen LogP contribution in [-0.2, 0) is 10.4 Å². The van der Waals surface area contributed by atoms with Gasteiger partial charge < -0.3 is 10.0 Å². The van der Waals surface area contributed by atoms with Crippen molar-refractivity contribution in [3.63, 3.8) is 0 Å². The maximum Gasteiger partial charge on any atom is 0.264 e. The Balaban J connectivity index is 2.11. The number of fused-ring (bicyclic) bond motifs is 1. The predicted molar refractivity (Wildman–Crippen MR) is 92.9 cm³/mol. The molecular formula is C20H21NO3. The molecule has 1 amide bonds. The number of benzene rings is 2. The summed E-state index contributed by atoms with van der Waals surface area (Å²) in [6.45, 7) is 1.95. The summed E-state index contributed by atoms with van der Waals surface area (Å²) in [4.78, 5) is 27.4. The van der Waals surface area contributed by atoms with Crippen molar-refractivity contribution < 1.29 is 14.7 Å². The molecule has 3 rings (SSSR count).